The number of thioether (sulfide) groups is 1. The van der Waals surface area contributed by atoms with E-state index in [-0.39, 0.29) is 0 Å². The molecule has 1 aromatic heterocycles. The largest absolute Gasteiger partial charge is 0.497 e. The second-order valence-electron chi connectivity index (χ2n) is 4.48. The van der Waals surface area contributed by atoms with E-state index >= 15 is 0 Å². The predicted octanol–water partition coefficient (Wildman–Crippen LogP) is 3.74. The lowest BCUT2D eigenvalue weighted by molar-refractivity contribution is 0.415. The van der Waals surface area contributed by atoms with E-state index in [2.05, 4.69) is 16.0 Å². The van der Waals surface area contributed by atoms with Crippen LogP contribution in [-0.4, -0.2) is 17.1 Å². The van der Waals surface area contributed by atoms with Crippen LogP contribution in [0.1, 0.15) is 11.1 Å². The van der Waals surface area contributed by atoms with Gasteiger partial charge in [-0.05, 0) is 23.8 Å². The summed E-state index contributed by atoms with van der Waals surface area (Å²) >= 11 is 1.58. The van der Waals surface area contributed by atoms with Crippen LogP contribution < -0.4 is 4.74 Å². The minimum absolute atomic E-state index is 0.709. The van der Waals surface area contributed by atoms with Gasteiger partial charge in [0.25, 0.3) is 0 Å². The van der Waals surface area contributed by atoms with Gasteiger partial charge in [-0.15, -0.1) is 0 Å². The normalized spacial score (nSPS) is 10.5. The summed E-state index contributed by atoms with van der Waals surface area (Å²) in [6, 6.07) is 15.6. The van der Waals surface area contributed by atoms with Crippen LogP contribution in [-0.2, 0) is 5.75 Å². The molecule has 1 heterocycles. The smallest absolute Gasteiger partial charge is 0.166 e. The first-order valence-electron chi connectivity index (χ1n) is 6.44. The van der Waals surface area contributed by atoms with Gasteiger partial charge in [-0.1, -0.05) is 30.0 Å². The summed E-state index contributed by atoms with van der Waals surface area (Å²) in [7, 11) is 1.64. The van der Waals surface area contributed by atoms with Crippen molar-refractivity contribution in [3.05, 3.63) is 53.6 Å². The Kier molecular flexibility index (Phi) is 3.80. The molecule has 0 saturated carbocycles. The number of hydrogen-bond donors (Lipinski definition) is 1. The highest BCUT2D eigenvalue weighted by molar-refractivity contribution is 7.98. The Morgan fingerprint density at radius 3 is 2.95 bits per heavy atom. The van der Waals surface area contributed by atoms with Crippen molar-refractivity contribution in [2.24, 2.45) is 0 Å². The maximum atomic E-state index is 9.09. The highest BCUT2D eigenvalue weighted by Gasteiger charge is 2.07. The maximum absolute atomic E-state index is 9.09. The summed E-state index contributed by atoms with van der Waals surface area (Å²) in [5.74, 6) is 1.51. The third kappa shape index (κ3) is 2.86. The first kappa shape index (κ1) is 13.5. The van der Waals surface area contributed by atoms with Crippen LogP contribution in [0.4, 0.5) is 0 Å². The number of aromatic nitrogens is 2. The average molecular weight is 295 g/mol. The van der Waals surface area contributed by atoms with Crippen LogP contribution in [0.5, 0.6) is 5.75 Å². The van der Waals surface area contributed by atoms with Gasteiger partial charge < -0.3 is 9.72 Å². The minimum Gasteiger partial charge on any atom is -0.497 e. The Bertz CT molecular complexity index is 820. The van der Waals surface area contributed by atoms with Crippen molar-refractivity contribution in [2.45, 2.75) is 10.9 Å². The molecule has 0 spiro atoms. The monoisotopic (exact) mass is 295 g/mol. The number of nitrogens with zero attached hydrogens (tertiary/aromatic N) is 2. The van der Waals surface area contributed by atoms with E-state index in [0.29, 0.717) is 11.3 Å². The fourth-order valence-corrected chi connectivity index (χ4v) is 2.95. The van der Waals surface area contributed by atoms with Crippen LogP contribution in [0.25, 0.3) is 11.0 Å². The van der Waals surface area contributed by atoms with Crippen LogP contribution in [0.2, 0.25) is 0 Å². The number of benzene rings is 2. The first-order valence-corrected chi connectivity index (χ1v) is 7.43. The number of rotatable bonds is 4. The number of nitriles is 1. The molecule has 1 N–H and O–H groups in total. The van der Waals surface area contributed by atoms with Crippen molar-refractivity contribution in [1.82, 2.24) is 9.97 Å². The zero-order valence-corrected chi connectivity index (χ0v) is 12.3. The molecule has 3 rings (SSSR count). The first-order chi connectivity index (χ1) is 10.3. The standard InChI is InChI=1S/C16H13N3OS/c1-20-13-6-7-14-15(8-13)19-16(18-14)21-10-12-5-3-2-4-11(12)9-17/h2-8H,10H2,1H3,(H,18,19). The summed E-state index contributed by atoms with van der Waals surface area (Å²) in [6.45, 7) is 0. The summed E-state index contributed by atoms with van der Waals surface area (Å²) < 4.78 is 5.20. The van der Waals surface area contributed by atoms with Crippen molar-refractivity contribution in [2.75, 3.05) is 7.11 Å². The Labute approximate surface area is 126 Å². The number of imidazole rings is 1. The Hall–Kier alpha value is -2.45. The molecular weight excluding hydrogens is 282 g/mol. The molecule has 0 unspecified atom stereocenters. The van der Waals surface area contributed by atoms with Gasteiger partial charge in [-0.2, -0.15) is 5.26 Å². The summed E-state index contributed by atoms with van der Waals surface area (Å²) in [6.07, 6.45) is 0. The minimum atomic E-state index is 0.709. The lowest BCUT2D eigenvalue weighted by atomic mass is 10.1. The number of methoxy groups -OCH3 is 1. The lowest BCUT2D eigenvalue weighted by Gasteiger charge is -2.01. The zero-order chi connectivity index (χ0) is 14.7. The molecule has 0 aliphatic heterocycles. The van der Waals surface area contributed by atoms with E-state index in [1.807, 2.05) is 42.5 Å². The molecule has 104 valence electrons. The Morgan fingerprint density at radius 2 is 2.14 bits per heavy atom. The van der Waals surface area contributed by atoms with Crippen LogP contribution in [0.15, 0.2) is 47.6 Å². The topological polar surface area (TPSA) is 61.7 Å². The van der Waals surface area contributed by atoms with Gasteiger partial charge in [0.05, 0.1) is 29.8 Å². The van der Waals surface area contributed by atoms with E-state index in [1.165, 1.54) is 0 Å². The third-order valence-electron chi connectivity index (χ3n) is 3.17. The molecule has 0 fully saturated rings. The van der Waals surface area contributed by atoms with E-state index < -0.39 is 0 Å². The lowest BCUT2D eigenvalue weighted by Crippen LogP contribution is -1.87. The van der Waals surface area contributed by atoms with Gasteiger partial charge in [0.2, 0.25) is 0 Å². The highest BCUT2D eigenvalue weighted by Crippen LogP contribution is 2.26. The summed E-state index contributed by atoms with van der Waals surface area (Å²) in [5, 5.41) is 9.93. The van der Waals surface area contributed by atoms with E-state index in [0.717, 1.165) is 27.5 Å². The molecule has 0 bridgehead atoms. The molecule has 3 aromatic rings. The van der Waals surface area contributed by atoms with Crippen molar-refractivity contribution in [1.29, 1.82) is 5.26 Å². The number of hydrogen-bond acceptors (Lipinski definition) is 4. The molecule has 0 amide bonds. The quantitative estimate of drug-likeness (QED) is 0.745. The SMILES string of the molecule is COc1ccc2nc(SCc3ccccc3C#N)[nH]c2c1. The molecule has 0 aliphatic rings. The van der Waals surface area contributed by atoms with Gasteiger partial charge in [0.1, 0.15) is 5.75 Å². The number of fused-ring (bicyclic) bond motifs is 1. The Morgan fingerprint density at radius 1 is 1.29 bits per heavy atom. The second-order valence-corrected chi connectivity index (χ2v) is 5.45. The van der Waals surface area contributed by atoms with Crippen LogP contribution >= 0.6 is 11.8 Å². The Balaban J connectivity index is 1.81. The molecule has 0 atom stereocenters. The molecule has 21 heavy (non-hydrogen) atoms. The third-order valence-corrected chi connectivity index (χ3v) is 4.09. The second kappa shape index (κ2) is 5.90. The highest BCUT2D eigenvalue weighted by atomic mass is 32.2. The molecule has 0 radical (unpaired) electrons. The average Bonchev–Trinajstić information content (AvgIpc) is 2.94. The van der Waals surface area contributed by atoms with Crippen LogP contribution in [0, 0.1) is 11.3 Å². The van der Waals surface area contributed by atoms with Crippen LogP contribution in [0.3, 0.4) is 0 Å². The van der Waals surface area contributed by atoms with Gasteiger partial charge in [0.15, 0.2) is 5.16 Å². The molecular formula is C16H13N3OS. The predicted molar refractivity (Wildman–Crippen MR) is 83.4 cm³/mol. The fourth-order valence-electron chi connectivity index (χ4n) is 2.06. The fraction of sp³-hybridized carbons (Fsp3) is 0.125. The summed E-state index contributed by atoms with van der Waals surface area (Å²) in [5.41, 5.74) is 3.59. The van der Waals surface area contributed by atoms with Crippen molar-refractivity contribution >= 4 is 22.8 Å². The van der Waals surface area contributed by atoms with E-state index in [1.54, 1.807) is 18.9 Å². The number of aromatic amines is 1. The number of ether oxygens (including phenoxy) is 1. The molecule has 0 aliphatic carbocycles. The molecule has 5 heteroatoms. The van der Waals surface area contributed by atoms with Gasteiger partial charge >= 0.3 is 0 Å². The molecule has 2 aromatic carbocycles. The number of H-pyrrole nitrogens is 1. The van der Waals surface area contributed by atoms with Gasteiger partial charge in [-0.3, -0.25) is 0 Å². The maximum Gasteiger partial charge on any atom is 0.166 e. The van der Waals surface area contributed by atoms with Crippen molar-refractivity contribution in [3.8, 4) is 11.8 Å². The number of nitrogens with one attached hydrogen (secondary N) is 1. The van der Waals surface area contributed by atoms with Gasteiger partial charge in [-0.25, -0.2) is 4.98 Å². The van der Waals surface area contributed by atoms with Gasteiger partial charge in [0, 0.05) is 11.8 Å². The van der Waals surface area contributed by atoms with E-state index in [4.69, 9.17) is 10.00 Å². The zero-order valence-electron chi connectivity index (χ0n) is 11.5. The van der Waals surface area contributed by atoms with Crippen molar-refractivity contribution in [3.63, 3.8) is 0 Å². The molecule has 0 saturated heterocycles. The van der Waals surface area contributed by atoms with E-state index in [9.17, 15) is 0 Å². The molecule has 4 nitrogen and oxygen atoms in total. The van der Waals surface area contributed by atoms with Crippen molar-refractivity contribution < 1.29 is 4.74 Å². The summed E-state index contributed by atoms with van der Waals surface area (Å²) in [4.78, 5) is 7.79.